The van der Waals surface area contributed by atoms with Gasteiger partial charge in [-0.3, -0.25) is 9.59 Å². The van der Waals surface area contributed by atoms with Crippen molar-refractivity contribution in [1.29, 1.82) is 0 Å². The topological polar surface area (TPSA) is 49.4 Å². The van der Waals surface area contributed by atoms with Crippen LogP contribution in [0.4, 0.5) is 20.2 Å². The van der Waals surface area contributed by atoms with Crippen molar-refractivity contribution in [2.24, 2.45) is 0 Å². The highest BCUT2D eigenvalue weighted by molar-refractivity contribution is 6.01. The van der Waals surface area contributed by atoms with Gasteiger partial charge in [-0.25, -0.2) is 8.78 Å². The highest BCUT2D eigenvalue weighted by Crippen LogP contribution is 2.19. The maximum atomic E-state index is 13.8. The highest BCUT2D eigenvalue weighted by Gasteiger charge is 2.18. The second-order valence-electron chi connectivity index (χ2n) is 4.61. The van der Waals surface area contributed by atoms with Gasteiger partial charge in [-0.1, -0.05) is 12.1 Å². The monoisotopic (exact) mass is 304 g/mol. The molecule has 1 N–H and O–H groups in total. The number of hydrogen-bond donors (Lipinski definition) is 1. The summed E-state index contributed by atoms with van der Waals surface area (Å²) in [5, 5.41) is 2.52. The summed E-state index contributed by atoms with van der Waals surface area (Å²) in [5.74, 6) is -1.98. The van der Waals surface area contributed by atoms with E-state index in [1.54, 1.807) is 6.07 Å². The molecule has 0 fully saturated rings. The first-order valence-corrected chi connectivity index (χ1v) is 6.55. The zero-order valence-electron chi connectivity index (χ0n) is 11.8. The third-order valence-electron chi connectivity index (χ3n) is 2.95. The van der Waals surface area contributed by atoms with Crippen LogP contribution in [0.15, 0.2) is 48.5 Å². The fourth-order valence-electron chi connectivity index (χ4n) is 1.91. The van der Waals surface area contributed by atoms with Crippen LogP contribution in [0.2, 0.25) is 0 Å². The Morgan fingerprint density at radius 2 is 1.68 bits per heavy atom. The van der Waals surface area contributed by atoms with Crippen molar-refractivity contribution in [3.8, 4) is 0 Å². The summed E-state index contributed by atoms with van der Waals surface area (Å²) in [6, 6.07) is 10.9. The fraction of sp³-hybridized carbons (Fsp3) is 0.125. The van der Waals surface area contributed by atoms with Gasteiger partial charge in [-0.05, 0) is 36.4 Å². The molecule has 0 unspecified atom stereocenters. The molecule has 0 aliphatic carbocycles. The summed E-state index contributed by atoms with van der Waals surface area (Å²) in [7, 11) is 0. The molecule has 0 aromatic heterocycles. The highest BCUT2D eigenvalue weighted by atomic mass is 19.1. The lowest BCUT2D eigenvalue weighted by Gasteiger charge is -2.21. The van der Waals surface area contributed by atoms with E-state index in [-0.39, 0.29) is 12.2 Å². The van der Waals surface area contributed by atoms with Crippen LogP contribution in [-0.2, 0) is 9.59 Å². The Kier molecular flexibility index (Phi) is 4.83. The van der Waals surface area contributed by atoms with Gasteiger partial charge in [0.15, 0.2) is 0 Å². The molecular weight excluding hydrogens is 290 g/mol. The molecule has 0 aliphatic heterocycles. The Morgan fingerprint density at radius 3 is 2.27 bits per heavy atom. The minimum atomic E-state index is -0.590. The summed E-state index contributed by atoms with van der Waals surface area (Å²) in [6.07, 6.45) is 0. The number of amides is 2. The zero-order chi connectivity index (χ0) is 16.1. The lowest BCUT2D eigenvalue weighted by atomic mass is 10.2. The first-order valence-electron chi connectivity index (χ1n) is 6.55. The smallest absolute Gasteiger partial charge is 0.244 e. The number of hydrogen-bond acceptors (Lipinski definition) is 2. The van der Waals surface area contributed by atoms with Crippen molar-refractivity contribution in [2.75, 3.05) is 16.8 Å². The molecular formula is C16H14F2N2O2. The lowest BCUT2D eigenvalue weighted by Crippen LogP contribution is -2.37. The molecule has 0 saturated heterocycles. The maximum absolute atomic E-state index is 13.8. The molecule has 0 saturated carbocycles. The number of halogens is 2. The molecule has 6 heteroatoms. The van der Waals surface area contributed by atoms with E-state index in [1.807, 2.05) is 0 Å². The van der Waals surface area contributed by atoms with Gasteiger partial charge in [-0.15, -0.1) is 0 Å². The summed E-state index contributed by atoms with van der Waals surface area (Å²) >= 11 is 0. The van der Waals surface area contributed by atoms with Gasteiger partial charge >= 0.3 is 0 Å². The number of anilines is 2. The second kappa shape index (κ2) is 6.80. The Morgan fingerprint density at radius 1 is 1.05 bits per heavy atom. The van der Waals surface area contributed by atoms with E-state index in [1.165, 1.54) is 49.4 Å². The van der Waals surface area contributed by atoms with Gasteiger partial charge in [0.2, 0.25) is 11.8 Å². The standard InChI is InChI=1S/C16H14F2N2O2/c1-11(21)20(15-5-3-2-4-14(15)18)10-16(22)19-13-8-6-12(17)7-9-13/h2-9H,10H2,1H3,(H,19,22). The molecule has 0 bridgehead atoms. The molecule has 2 rings (SSSR count). The molecule has 4 nitrogen and oxygen atoms in total. The number of carbonyl (C=O) groups is 2. The minimum absolute atomic E-state index is 0.0317. The van der Waals surface area contributed by atoms with E-state index in [2.05, 4.69) is 5.32 Å². The van der Waals surface area contributed by atoms with E-state index in [0.29, 0.717) is 5.69 Å². The third kappa shape index (κ3) is 3.88. The SMILES string of the molecule is CC(=O)N(CC(=O)Nc1ccc(F)cc1)c1ccccc1F. The first kappa shape index (κ1) is 15.6. The van der Waals surface area contributed by atoms with Crippen molar-refractivity contribution in [3.63, 3.8) is 0 Å². The summed E-state index contributed by atoms with van der Waals surface area (Å²) in [6.45, 7) is 0.908. The maximum Gasteiger partial charge on any atom is 0.244 e. The largest absolute Gasteiger partial charge is 0.325 e. The van der Waals surface area contributed by atoms with E-state index in [0.717, 1.165) is 4.90 Å². The molecule has 114 valence electrons. The Balaban J connectivity index is 2.11. The number of nitrogens with one attached hydrogen (secondary N) is 1. The van der Waals surface area contributed by atoms with Crippen LogP contribution in [0.3, 0.4) is 0 Å². The van der Waals surface area contributed by atoms with Crippen LogP contribution in [0, 0.1) is 11.6 Å². The predicted molar refractivity (Wildman–Crippen MR) is 79.5 cm³/mol. The van der Waals surface area contributed by atoms with Gasteiger partial charge in [0.1, 0.15) is 18.2 Å². The molecule has 0 heterocycles. The predicted octanol–water partition coefficient (Wildman–Crippen LogP) is 2.96. The van der Waals surface area contributed by atoms with Gasteiger partial charge in [0.25, 0.3) is 0 Å². The van der Waals surface area contributed by atoms with Crippen LogP contribution >= 0.6 is 0 Å². The number of nitrogens with zero attached hydrogens (tertiary/aromatic N) is 1. The number of rotatable bonds is 4. The van der Waals surface area contributed by atoms with E-state index >= 15 is 0 Å². The Hall–Kier alpha value is -2.76. The van der Waals surface area contributed by atoms with Crippen molar-refractivity contribution in [3.05, 3.63) is 60.2 Å². The molecule has 2 aromatic rings. The van der Waals surface area contributed by atoms with Crippen LogP contribution in [-0.4, -0.2) is 18.4 Å². The van der Waals surface area contributed by atoms with Crippen LogP contribution < -0.4 is 10.2 Å². The number of para-hydroxylation sites is 1. The molecule has 2 aromatic carbocycles. The number of carbonyl (C=O) groups excluding carboxylic acids is 2. The second-order valence-corrected chi connectivity index (χ2v) is 4.61. The molecule has 0 aliphatic rings. The van der Waals surface area contributed by atoms with Crippen molar-refractivity contribution in [2.45, 2.75) is 6.92 Å². The average Bonchev–Trinajstić information content (AvgIpc) is 2.48. The Labute approximate surface area is 126 Å². The third-order valence-corrected chi connectivity index (χ3v) is 2.95. The summed E-state index contributed by atoms with van der Waals surface area (Å²) in [5.41, 5.74) is 0.424. The zero-order valence-corrected chi connectivity index (χ0v) is 11.8. The van der Waals surface area contributed by atoms with Gasteiger partial charge in [0, 0.05) is 12.6 Å². The average molecular weight is 304 g/mol. The molecule has 0 spiro atoms. The van der Waals surface area contributed by atoms with Crippen molar-refractivity contribution < 1.29 is 18.4 Å². The van der Waals surface area contributed by atoms with Gasteiger partial charge in [-0.2, -0.15) is 0 Å². The van der Waals surface area contributed by atoms with Crippen molar-refractivity contribution in [1.82, 2.24) is 0 Å². The number of benzene rings is 2. The summed E-state index contributed by atoms with van der Waals surface area (Å²) < 4.78 is 26.6. The first-order chi connectivity index (χ1) is 10.5. The normalized spacial score (nSPS) is 10.1. The van der Waals surface area contributed by atoms with E-state index in [4.69, 9.17) is 0 Å². The van der Waals surface area contributed by atoms with Gasteiger partial charge < -0.3 is 10.2 Å². The van der Waals surface area contributed by atoms with Crippen LogP contribution in [0.25, 0.3) is 0 Å². The van der Waals surface area contributed by atoms with E-state index < -0.39 is 23.4 Å². The van der Waals surface area contributed by atoms with E-state index in [9.17, 15) is 18.4 Å². The van der Waals surface area contributed by atoms with Crippen LogP contribution in [0.5, 0.6) is 0 Å². The quantitative estimate of drug-likeness (QED) is 0.944. The molecule has 2 amide bonds. The lowest BCUT2D eigenvalue weighted by molar-refractivity contribution is -0.120. The van der Waals surface area contributed by atoms with Crippen LogP contribution in [0.1, 0.15) is 6.92 Å². The molecule has 0 atom stereocenters. The van der Waals surface area contributed by atoms with Crippen molar-refractivity contribution >= 4 is 23.2 Å². The fourth-order valence-corrected chi connectivity index (χ4v) is 1.91. The van der Waals surface area contributed by atoms with Gasteiger partial charge in [0.05, 0.1) is 5.69 Å². The summed E-state index contributed by atoms with van der Waals surface area (Å²) in [4.78, 5) is 24.7. The molecule has 0 radical (unpaired) electrons. The Bertz CT molecular complexity index is 687. The molecule has 22 heavy (non-hydrogen) atoms. The minimum Gasteiger partial charge on any atom is -0.325 e.